The van der Waals surface area contributed by atoms with Crippen molar-refractivity contribution in [3.05, 3.63) is 0 Å². The zero-order chi connectivity index (χ0) is 34.8. The first kappa shape index (κ1) is 3.41. The van der Waals surface area contributed by atoms with E-state index in [-0.39, 0.29) is 0 Å². The molecule has 0 saturated heterocycles. The van der Waals surface area contributed by atoms with Gasteiger partial charge in [-0.25, -0.2) is 0 Å². The largest absolute Gasteiger partial charge is 0.463 e. The van der Waals surface area contributed by atoms with Crippen LogP contribution in [-0.4, -0.2) is 35.5 Å². The average molecular weight is 298 g/mol. The Kier molecular flexibility index (Phi) is 2.48. The van der Waals surface area contributed by atoms with E-state index >= 15 is 0 Å². The smallest absolute Gasteiger partial charge is 0.305 e. The molecule has 0 aliphatic heterocycles. The Labute approximate surface area is 149 Å². The number of ether oxygens (including phenoxy) is 1. The zero-order valence-electron chi connectivity index (χ0n) is 32.7. The maximum absolute atomic E-state index is 12.2. The Hall–Kier alpha value is -0.610. The molecule has 0 bridgehead atoms. The highest BCUT2D eigenvalue weighted by molar-refractivity contribution is 5.69. The standard InChI is InChI=1S/C15H30O4/c1-2-3-4-5-6-7-8-9-10-11-15(18)19-13-14(17)12-16/h14,16-17H,2-13H2,1H3/i1D3,2D2,3D2,4D2,5D2,6D2,7D2,8D2,9D2,10D2,11D2. The molecule has 19 heavy (non-hydrogen) atoms. The maximum Gasteiger partial charge on any atom is 0.305 e. The van der Waals surface area contributed by atoms with Crippen LogP contribution in [-0.2, 0) is 9.53 Å². The van der Waals surface area contributed by atoms with E-state index in [9.17, 15) is 9.90 Å². The van der Waals surface area contributed by atoms with Crippen LogP contribution in [0.1, 0.15) is 102 Å². The van der Waals surface area contributed by atoms with E-state index in [2.05, 4.69) is 4.74 Å². The maximum atomic E-state index is 12.2. The first-order chi connectivity index (χ1) is 17.9. The number of hydrogen-bond acceptors (Lipinski definition) is 4. The molecule has 0 saturated carbocycles. The summed E-state index contributed by atoms with van der Waals surface area (Å²) in [7, 11) is 0. The summed E-state index contributed by atoms with van der Waals surface area (Å²) in [5, 5.41) is 18.0. The van der Waals surface area contributed by atoms with E-state index in [1.807, 2.05) is 0 Å². The average Bonchev–Trinajstić information content (AvgIpc) is 2.79. The van der Waals surface area contributed by atoms with Crippen molar-refractivity contribution in [2.75, 3.05) is 13.2 Å². The van der Waals surface area contributed by atoms with Gasteiger partial charge < -0.3 is 14.9 Å². The van der Waals surface area contributed by atoms with Gasteiger partial charge in [0, 0.05) is 37.9 Å². The summed E-state index contributed by atoms with van der Waals surface area (Å²) in [5.41, 5.74) is 0. The lowest BCUT2D eigenvalue weighted by molar-refractivity contribution is -0.147. The first-order valence-corrected chi connectivity index (χ1v) is 4.84. The summed E-state index contributed by atoms with van der Waals surface area (Å²) in [4.78, 5) is 12.2. The Morgan fingerprint density at radius 1 is 1.16 bits per heavy atom. The van der Waals surface area contributed by atoms with Crippen molar-refractivity contribution in [2.24, 2.45) is 0 Å². The molecule has 0 amide bonds. The van der Waals surface area contributed by atoms with Gasteiger partial charge in [-0.1, -0.05) is 57.8 Å². The van der Waals surface area contributed by atoms with Gasteiger partial charge in [-0.2, -0.15) is 0 Å². The normalized spacial score (nSPS) is 38.5. The minimum Gasteiger partial charge on any atom is -0.463 e. The number of aliphatic hydroxyl groups excluding tert-OH is 2. The first-order valence-electron chi connectivity index (χ1n) is 16.3. The minimum absolute atomic E-state index is 1.02. The lowest BCUT2D eigenvalue weighted by atomic mass is 10.1. The molecule has 0 aliphatic rings. The summed E-state index contributed by atoms with van der Waals surface area (Å²) >= 11 is 0. The molecule has 1 unspecified atom stereocenters. The molecule has 0 fully saturated rings. The molecule has 114 valence electrons. The minimum atomic E-state index is -4.84. The fraction of sp³-hybridized carbons (Fsp3) is 0.933. The summed E-state index contributed by atoms with van der Waals surface area (Å²) in [6.45, 7) is -6.20. The highest BCUT2D eigenvalue weighted by Gasteiger charge is 2.07. The quantitative estimate of drug-likeness (QED) is 0.513. The van der Waals surface area contributed by atoms with Crippen molar-refractivity contribution >= 4 is 5.97 Å². The molecule has 4 heteroatoms. The molecular formula is C15H30O4. The third-order valence-corrected chi connectivity index (χ3v) is 1.28. The Morgan fingerprint density at radius 2 is 1.74 bits per heavy atom. The predicted molar refractivity (Wildman–Crippen MR) is 75.9 cm³/mol. The van der Waals surface area contributed by atoms with Crippen LogP contribution >= 0.6 is 0 Å². The molecule has 0 aromatic carbocycles. The third-order valence-electron chi connectivity index (χ3n) is 1.28. The van der Waals surface area contributed by atoms with Crippen molar-refractivity contribution in [1.82, 2.24) is 0 Å². The number of rotatable bonds is 13. The molecule has 0 aromatic rings. The molecule has 0 radical (unpaired) electrons. The molecule has 0 aliphatic carbocycles. The zero-order valence-corrected chi connectivity index (χ0v) is 9.70. The van der Waals surface area contributed by atoms with Gasteiger partial charge in [-0.05, 0) is 6.37 Å². The number of aliphatic hydroxyl groups is 2. The molecule has 4 nitrogen and oxygen atoms in total. The fourth-order valence-electron chi connectivity index (χ4n) is 0.562. The highest BCUT2D eigenvalue weighted by atomic mass is 16.5. The topological polar surface area (TPSA) is 66.8 Å². The molecule has 0 aromatic heterocycles. The number of carbonyl (C=O) groups is 1. The number of hydrogen-bond donors (Lipinski definition) is 2. The van der Waals surface area contributed by atoms with Crippen LogP contribution in [0.2, 0.25) is 0 Å². The van der Waals surface area contributed by atoms with E-state index < -0.39 is 95.9 Å². The van der Waals surface area contributed by atoms with Gasteiger partial charge in [0.15, 0.2) is 0 Å². The molecule has 0 rings (SSSR count). The number of esters is 1. The van der Waals surface area contributed by atoms with E-state index in [4.69, 9.17) is 36.6 Å². The summed E-state index contributed by atoms with van der Waals surface area (Å²) in [5.74, 6) is -2.30. The number of carbonyl (C=O) groups excluding carboxylic acids is 1. The van der Waals surface area contributed by atoms with E-state index in [1.54, 1.807) is 0 Å². The summed E-state index contributed by atoms with van der Waals surface area (Å²) in [6, 6.07) is 0. The van der Waals surface area contributed by atoms with E-state index in [1.165, 1.54) is 0 Å². The van der Waals surface area contributed by atoms with Gasteiger partial charge in [0.05, 0.1) is 6.61 Å². The van der Waals surface area contributed by atoms with Gasteiger partial charge in [0.1, 0.15) is 12.7 Å². The van der Waals surface area contributed by atoms with Crippen LogP contribution in [0, 0.1) is 0 Å². The Morgan fingerprint density at radius 3 is 2.32 bits per heavy atom. The van der Waals surface area contributed by atoms with Crippen molar-refractivity contribution in [3.8, 4) is 0 Å². The highest BCUT2D eigenvalue weighted by Crippen LogP contribution is 2.10. The van der Waals surface area contributed by atoms with Gasteiger partial charge >= 0.3 is 5.97 Å². The van der Waals surface area contributed by atoms with Crippen LogP contribution in [0.25, 0.3) is 0 Å². The van der Waals surface area contributed by atoms with Crippen LogP contribution in [0.5, 0.6) is 0 Å². The lowest BCUT2D eigenvalue weighted by Crippen LogP contribution is -2.21. The molecular weight excluding hydrogens is 244 g/mol. The molecule has 1 atom stereocenters. The van der Waals surface area contributed by atoms with Gasteiger partial charge in [0.25, 0.3) is 0 Å². The van der Waals surface area contributed by atoms with Crippen molar-refractivity contribution in [1.29, 1.82) is 0 Å². The van der Waals surface area contributed by atoms with Crippen LogP contribution in [0.15, 0.2) is 0 Å². The third kappa shape index (κ3) is 13.6. The van der Waals surface area contributed by atoms with Gasteiger partial charge in [-0.15, -0.1) is 0 Å². The van der Waals surface area contributed by atoms with E-state index in [0.29, 0.717) is 0 Å². The summed E-state index contributed by atoms with van der Waals surface area (Å²) < 4.78 is 184. The second-order valence-electron chi connectivity index (χ2n) is 2.68. The SMILES string of the molecule is [2H]C([2H])([2H])C([2H])([2H])C([2H])([2H])C([2H])([2H])C([2H])([2H])C([2H])([2H])C([2H])([2H])C([2H])([2H])C([2H])([2H])C([2H])([2H])C([2H])([2H])C(=O)OCC(O)CO. The van der Waals surface area contributed by atoms with Crippen molar-refractivity contribution in [2.45, 2.75) is 76.7 Å². The second kappa shape index (κ2) is 13.8. The van der Waals surface area contributed by atoms with Gasteiger partial charge in [-0.3, -0.25) is 4.79 Å². The second-order valence-corrected chi connectivity index (χ2v) is 2.68. The predicted octanol–water partition coefficient (Wildman–Crippen LogP) is 2.80. The van der Waals surface area contributed by atoms with Crippen LogP contribution in [0.4, 0.5) is 0 Å². The fourth-order valence-corrected chi connectivity index (χ4v) is 0.562. The molecule has 0 heterocycles. The summed E-state index contributed by atoms with van der Waals surface area (Å²) in [6.07, 6.45) is -48.1. The Bertz CT molecular complexity index is 983. The Balaban J connectivity index is 7.10. The lowest BCUT2D eigenvalue weighted by Gasteiger charge is -2.08. The molecule has 2 N–H and O–H groups in total. The van der Waals surface area contributed by atoms with Crippen molar-refractivity contribution < 1.29 is 51.3 Å². The van der Waals surface area contributed by atoms with Gasteiger partial charge in [0.2, 0.25) is 0 Å². The van der Waals surface area contributed by atoms with Crippen LogP contribution in [0.3, 0.4) is 0 Å². The van der Waals surface area contributed by atoms with E-state index in [0.717, 1.165) is 0 Å². The molecule has 0 spiro atoms. The van der Waals surface area contributed by atoms with Crippen LogP contribution < -0.4 is 0 Å². The van der Waals surface area contributed by atoms with Crippen molar-refractivity contribution in [3.63, 3.8) is 0 Å². The monoisotopic (exact) mass is 297 g/mol.